The predicted molar refractivity (Wildman–Crippen MR) is 38.5 cm³/mol. The Hall–Kier alpha value is -0.910. The topological polar surface area (TPSA) is 95.3 Å². The van der Waals surface area contributed by atoms with Crippen molar-refractivity contribution < 1.29 is 5.48 Å². The molecule has 5 N–H and O–H groups in total. The number of hydrogen-bond acceptors (Lipinski definition) is 4. The first-order valence-corrected chi connectivity index (χ1v) is 2.66. The minimum absolute atomic E-state index is 0. The molecule has 5 nitrogen and oxygen atoms in total. The van der Waals surface area contributed by atoms with Gasteiger partial charge in [0.2, 0.25) is 0 Å². The monoisotopic (exact) mass is 162 g/mol. The summed E-state index contributed by atoms with van der Waals surface area (Å²) in [6.45, 7) is 0. The molecule has 0 fully saturated rings. The van der Waals surface area contributed by atoms with E-state index in [9.17, 15) is 0 Å². The van der Waals surface area contributed by atoms with Crippen LogP contribution in [-0.2, 0) is 0 Å². The molecule has 0 unspecified atom stereocenters. The first-order valence-electron chi connectivity index (χ1n) is 2.29. The molecule has 0 saturated heterocycles. The number of halogens is 1. The second-order valence-electron chi connectivity index (χ2n) is 1.39. The summed E-state index contributed by atoms with van der Waals surface area (Å²) in [6, 6.07) is 3.24. The molecule has 0 spiro atoms. The molecule has 1 aromatic heterocycles. The molecule has 0 saturated carbocycles. The fourth-order valence-electron chi connectivity index (χ4n) is 0.393. The maximum atomic E-state index is 5.43. The molecule has 0 bridgehead atoms. The standard InChI is InChI=1S/C4H5ClN4.H2O/c5-3-1-2-4(7-6)9-8-3;/h1-2H,6H2,(H,7,9);1H2. The number of aromatic nitrogens is 2. The van der Waals surface area contributed by atoms with Gasteiger partial charge >= 0.3 is 0 Å². The highest BCUT2D eigenvalue weighted by atomic mass is 35.5. The molecule has 6 heteroatoms. The molecule has 10 heavy (non-hydrogen) atoms. The third-order valence-electron chi connectivity index (χ3n) is 0.780. The van der Waals surface area contributed by atoms with Crippen molar-refractivity contribution in [2.75, 3.05) is 5.43 Å². The van der Waals surface area contributed by atoms with Gasteiger partial charge in [-0.05, 0) is 12.1 Å². The van der Waals surface area contributed by atoms with Crippen molar-refractivity contribution in [1.29, 1.82) is 0 Å². The van der Waals surface area contributed by atoms with Crippen molar-refractivity contribution in [2.24, 2.45) is 5.84 Å². The number of nitrogens with zero attached hydrogens (tertiary/aromatic N) is 2. The van der Waals surface area contributed by atoms with E-state index in [-0.39, 0.29) is 5.48 Å². The van der Waals surface area contributed by atoms with Crippen molar-refractivity contribution in [2.45, 2.75) is 0 Å². The van der Waals surface area contributed by atoms with Crippen LogP contribution >= 0.6 is 11.6 Å². The quantitative estimate of drug-likeness (QED) is 0.434. The Morgan fingerprint density at radius 3 is 2.50 bits per heavy atom. The van der Waals surface area contributed by atoms with Gasteiger partial charge in [-0.1, -0.05) is 11.6 Å². The van der Waals surface area contributed by atoms with Crippen molar-refractivity contribution in [3.05, 3.63) is 17.3 Å². The summed E-state index contributed by atoms with van der Waals surface area (Å²) < 4.78 is 0. The van der Waals surface area contributed by atoms with Gasteiger partial charge in [0, 0.05) is 0 Å². The van der Waals surface area contributed by atoms with Crippen molar-refractivity contribution >= 4 is 17.4 Å². The lowest BCUT2D eigenvalue weighted by Crippen LogP contribution is -2.08. The Morgan fingerprint density at radius 2 is 2.10 bits per heavy atom. The molecule has 0 amide bonds. The van der Waals surface area contributed by atoms with E-state index in [4.69, 9.17) is 17.4 Å². The van der Waals surface area contributed by atoms with Crippen LogP contribution in [0.15, 0.2) is 12.1 Å². The van der Waals surface area contributed by atoms with Gasteiger partial charge in [-0.15, -0.1) is 10.2 Å². The van der Waals surface area contributed by atoms with E-state index in [0.717, 1.165) is 0 Å². The Morgan fingerprint density at radius 1 is 1.40 bits per heavy atom. The van der Waals surface area contributed by atoms with E-state index in [2.05, 4.69) is 15.6 Å². The second kappa shape index (κ2) is 3.99. The molecule has 0 radical (unpaired) electrons. The van der Waals surface area contributed by atoms with Crippen molar-refractivity contribution in [3.8, 4) is 0 Å². The first-order chi connectivity index (χ1) is 4.33. The fraction of sp³-hybridized carbons (Fsp3) is 0. The molecule has 0 aliphatic rings. The minimum atomic E-state index is 0. The molecule has 1 aromatic rings. The number of nitrogen functional groups attached to an aromatic ring is 1. The van der Waals surface area contributed by atoms with Crippen LogP contribution in [0.1, 0.15) is 0 Å². The number of hydrogen-bond donors (Lipinski definition) is 2. The van der Waals surface area contributed by atoms with E-state index in [1.807, 2.05) is 0 Å². The van der Waals surface area contributed by atoms with Crippen LogP contribution in [-0.4, -0.2) is 15.7 Å². The van der Waals surface area contributed by atoms with Crippen LogP contribution in [0.25, 0.3) is 0 Å². The average molecular weight is 163 g/mol. The van der Waals surface area contributed by atoms with E-state index >= 15 is 0 Å². The largest absolute Gasteiger partial charge is 0.412 e. The summed E-state index contributed by atoms with van der Waals surface area (Å²) in [5, 5.41) is 7.46. The Balaban J connectivity index is 0.000000810. The SMILES string of the molecule is NNc1ccc(Cl)nn1.O. The van der Waals surface area contributed by atoms with Gasteiger partial charge in [-0.2, -0.15) is 0 Å². The molecular formula is C4H7ClN4O. The third kappa shape index (κ3) is 2.14. The molecule has 0 aliphatic carbocycles. The van der Waals surface area contributed by atoms with E-state index in [1.54, 1.807) is 12.1 Å². The van der Waals surface area contributed by atoms with Gasteiger partial charge < -0.3 is 10.9 Å². The molecule has 0 aliphatic heterocycles. The summed E-state index contributed by atoms with van der Waals surface area (Å²) in [7, 11) is 0. The van der Waals surface area contributed by atoms with Gasteiger partial charge in [0.1, 0.15) is 0 Å². The predicted octanol–water partition coefficient (Wildman–Crippen LogP) is -0.409. The number of nitrogens with one attached hydrogen (secondary N) is 1. The zero-order valence-electron chi connectivity index (χ0n) is 5.00. The van der Waals surface area contributed by atoms with Gasteiger partial charge in [0.25, 0.3) is 0 Å². The highest BCUT2D eigenvalue weighted by molar-refractivity contribution is 6.29. The Kier molecular flexibility index (Phi) is 3.63. The van der Waals surface area contributed by atoms with E-state index in [1.165, 1.54) is 0 Å². The smallest absolute Gasteiger partial charge is 0.162 e. The van der Waals surface area contributed by atoms with Gasteiger partial charge in [0.15, 0.2) is 11.0 Å². The third-order valence-corrected chi connectivity index (χ3v) is 0.981. The Labute approximate surface area is 62.5 Å². The molecule has 1 heterocycles. The first kappa shape index (κ1) is 9.09. The summed E-state index contributed by atoms with van der Waals surface area (Å²) in [5.74, 6) is 5.50. The summed E-state index contributed by atoms with van der Waals surface area (Å²) in [4.78, 5) is 0. The van der Waals surface area contributed by atoms with Crippen molar-refractivity contribution in [1.82, 2.24) is 10.2 Å². The minimum Gasteiger partial charge on any atom is -0.412 e. The summed E-state index contributed by atoms with van der Waals surface area (Å²) in [6.07, 6.45) is 0. The van der Waals surface area contributed by atoms with Crippen LogP contribution in [0.3, 0.4) is 0 Å². The van der Waals surface area contributed by atoms with Crippen LogP contribution < -0.4 is 11.3 Å². The lowest BCUT2D eigenvalue weighted by atomic mass is 10.5. The van der Waals surface area contributed by atoms with Crippen LogP contribution in [0.4, 0.5) is 5.82 Å². The zero-order chi connectivity index (χ0) is 6.69. The average Bonchev–Trinajstić information content (AvgIpc) is 1.90. The summed E-state index contributed by atoms with van der Waals surface area (Å²) >= 11 is 5.43. The van der Waals surface area contributed by atoms with Gasteiger partial charge in [-0.25, -0.2) is 5.84 Å². The highest BCUT2D eigenvalue weighted by Crippen LogP contribution is 2.03. The maximum absolute atomic E-state index is 5.43. The van der Waals surface area contributed by atoms with E-state index < -0.39 is 0 Å². The zero-order valence-corrected chi connectivity index (χ0v) is 5.76. The molecular weight excluding hydrogens is 156 g/mol. The summed E-state index contributed by atoms with van der Waals surface area (Å²) in [5.41, 5.74) is 2.32. The fourth-order valence-corrected chi connectivity index (χ4v) is 0.494. The molecule has 1 rings (SSSR count). The molecule has 0 aromatic carbocycles. The Bertz CT molecular complexity index is 189. The van der Waals surface area contributed by atoms with E-state index in [0.29, 0.717) is 11.0 Å². The van der Waals surface area contributed by atoms with Gasteiger partial charge in [0.05, 0.1) is 0 Å². The van der Waals surface area contributed by atoms with Crippen molar-refractivity contribution in [3.63, 3.8) is 0 Å². The van der Waals surface area contributed by atoms with Crippen LogP contribution in [0, 0.1) is 0 Å². The normalized spacial score (nSPS) is 8.20. The number of anilines is 1. The van der Waals surface area contributed by atoms with Gasteiger partial charge in [-0.3, -0.25) is 0 Å². The highest BCUT2D eigenvalue weighted by Gasteiger charge is 1.89. The maximum Gasteiger partial charge on any atom is 0.162 e. The second-order valence-corrected chi connectivity index (χ2v) is 1.77. The lowest BCUT2D eigenvalue weighted by Gasteiger charge is -1.93. The lowest BCUT2D eigenvalue weighted by molar-refractivity contribution is 0.824. The number of rotatable bonds is 1. The molecule has 0 atom stereocenters. The number of hydrazine groups is 1. The number of nitrogens with two attached hydrogens (primary N) is 1. The van der Waals surface area contributed by atoms with Crippen LogP contribution in [0.5, 0.6) is 0 Å². The molecule has 56 valence electrons. The van der Waals surface area contributed by atoms with Crippen LogP contribution in [0.2, 0.25) is 5.15 Å².